The lowest BCUT2D eigenvalue weighted by Crippen LogP contribution is -2.20. The van der Waals surface area contributed by atoms with Crippen molar-refractivity contribution in [2.75, 3.05) is 11.9 Å². The molecule has 124 valence electrons. The Hall–Kier alpha value is -2.40. The number of hydrogen-bond donors (Lipinski definition) is 1. The summed E-state index contributed by atoms with van der Waals surface area (Å²) < 4.78 is 18.6. The molecule has 6 heteroatoms. The fraction of sp³-hybridized carbons (Fsp3) is 0.222. The first-order chi connectivity index (χ1) is 11.5. The summed E-state index contributed by atoms with van der Waals surface area (Å²) in [5, 5.41) is 3.06. The van der Waals surface area contributed by atoms with Crippen LogP contribution in [0.15, 0.2) is 36.4 Å². The number of benzene rings is 2. The van der Waals surface area contributed by atoms with Gasteiger partial charge in [-0.1, -0.05) is 24.6 Å². The first-order valence-corrected chi connectivity index (χ1v) is 7.87. The first kappa shape index (κ1) is 16.5. The molecule has 0 fully saturated rings. The molecule has 1 amide bonds. The molecule has 0 radical (unpaired) electrons. The summed E-state index contributed by atoms with van der Waals surface area (Å²) in [7, 11) is 0. The summed E-state index contributed by atoms with van der Waals surface area (Å²) in [6, 6.07) is 8.82. The van der Waals surface area contributed by atoms with Crippen molar-refractivity contribution in [3.05, 3.63) is 58.4 Å². The third kappa shape index (κ3) is 3.26. The Morgan fingerprint density at radius 2 is 2.17 bits per heavy atom. The van der Waals surface area contributed by atoms with Gasteiger partial charge in [0.2, 0.25) is 0 Å². The van der Waals surface area contributed by atoms with E-state index in [4.69, 9.17) is 16.3 Å². The number of carbonyl (C=O) groups is 2. The van der Waals surface area contributed by atoms with Crippen LogP contribution < -0.4 is 10.1 Å². The van der Waals surface area contributed by atoms with E-state index in [0.29, 0.717) is 28.4 Å². The van der Waals surface area contributed by atoms with E-state index in [9.17, 15) is 14.0 Å². The highest BCUT2D eigenvalue weighted by molar-refractivity contribution is 6.32. The zero-order valence-corrected chi connectivity index (χ0v) is 13.7. The Balaban J connectivity index is 1.72. The molecule has 3 rings (SSSR count). The maximum absolute atomic E-state index is 13.1. The van der Waals surface area contributed by atoms with Crippen LogP contribution in [-0.4, -0.2) is 18.3 Å². The van der Waals surface area contributed by atoms with Gasteiger partial charge in [-0.25, -0.2) is 4.39 Å². The van der Waals surface area contributed by atoms with Gasteiger partial charge in [-0.15, -0.1) is 0 Å². The number of anilines is 1. The van der Waals surface area contributed by atoms with E-state index < -0.39 is 11.7 Å². The molecule has 0 saturated carbocycles. The summed E-state index contributed by atoms with van der Waals surface area (Å²) in [6.45, 7) is 1.64. The highest BCUT2D eigenvalue weighted by Gasteiger charge is 2.31. The highest BCUT2D eigenvalue weighted by Crippen LogP contribution is 2.42. The number of hydrogen-bond acceptors (Lipinski definition) is 3. The second kappa shape index (κ2) is 6.61. The summed E-state index contributed by atoms with van der Waals surface area (Å²) >= 11 is 6.16. The van der Waals surface area contributed by atoms with E-state index in [2.05, 4.69) is 5.32 Å². The summed E-state index contributed by atoms with van der Waals surface area (Å²) in [4.78, 5) is 24.1. The molecule has 0 saturated heterocycles. The molecule has 24 heavy (non-hydrogen) atoms. The van der Waals surface area contributed by atoms with Crippen molar-refractivity contribution in [2.24, 2.45) is 0 Å². The SMILES string of the molecule is CC1CC(=O)c2c(OCC(=O)Nc3cccc(F)c3)ccc(Cl)c21. The maximum atomic E-state index is 13.1. The quantitative estimate of drug-likeness (QED) is 0.902. The molecule has 0 heterocycles. The highest BCUT2D eigenvalue weighted by atomic mass is 35.5. The minimum atomic E-state index is -0.442. The number of Topliss-reactive ketones (excluding diaryl/α,β-unsaturated/α-hetero) is 1. The van der Waals surface area contributed by atoms with E-state index in [1.807, 2.05) is 6.92 Å². The Morgan fingerprint density at radius 3 is 2.92 bits per heavy atom. The average molecular weight is 348 g/mol. The van der Waals surface area contributed by atoms with Gasteiger partial charge in [-0.3, -0.25) is 9.59 Å². The van der Waals surface area contributed by atoms with Crippen LogP contribution in [0.2, 0.25) is 5.02 Å². The van der Waals surface area contributed by atoms with Gasteiger partial charge in [0.05, 0.1) is 5.56 Å². The van der Waals surface area contributed by atoms with Gasteiger partial charge in [0, 0.05) is 17.1 Å². The fourth-order valence-corrected chi connectivity index (χ4v) is 3.20. The van der Waals surface area contributed by atoms with Crippen molar-refractivity contribution in [3.63, 3.8) is 0 Å². The molecule has 1 unspecified atom stereocenters. The molecule has 0 aliphatic heterocycles. The van der Waals surface area contributed by atoms with Crippen molar-refractivity contribution < 1.29 is 18.7 Å². The number of carbonyl (C=O) groups excluding carboxylic acids is 2. The zero-order valence-electron chi connectivity index (χ0n) is 12.9. The van der Waals surface area contributed by atoms with Crippen LogP contribution in [0.1, 0.15) is 35.2 Å². The van der Waals surface area contributed by atoms with Gasteiger partial charge in [0.15, 0.2) is 12.4 Å². The van der Waals surface area contributed by atoms with Gasteiger partial charge in [-0.2, -0.15) is 0 Å². The molecule has 0 bridgehead atoms. The molecular formula is C18H15ClFNO3. The maximum Gasteiger partial charge on any atom is 0.262 e. The van der Waals surface area contributed by atoms with E-state index in [1.54, 1.807) is 18.2 Å². The summed E-state index contributed by atoms with van der Waals surface area (Å²) in [6.07, 6.45) is 0.380. The van der Waals surface area contributed by atoms with Crippen LogP contribution in [0.4, 0.5) is 10.1 Å². The number of ketones is 1. The predicted molar refractivity (Wildman–Crippen MR) is 89.3 cm³/mol. The van der Waals surface area contributed by atoms with Crippen molar-refractivity contribution in [1.82, 2.24) is 0 Å². The summed E-state index contributed by atoms with van der Waals surface area (Å²) in [5.41, 5.74) is 1.56. The molecule has 4 nitrogen and oxygen atoms in total. The van der Waals surface area contributed by atoms with Crippen LogP contribution in [0.25, 0.3) is 0 Å². The molecule has 1 atom stereocenters. The van der Waals surface area contributed by atoms with Crippen LogP contribution in [0, 0.1) is 5.82 Å². The lowest BCUT2D eigenvalue weighted by Gasteiger charge is -2.12. The van der Waals surface area contributed by atoms with Crippen LogP contribution >= 0.6 is 11.6 Å². The van der Waals surface area contributed by atoms with E-state index >= 15 is 0 Å². The second-order valence-corrected chi connectivity index (χ2v) is 6.12. The Labute approximate surface area is 143 Å². The molecule has 2 aromatic carbocycles. The Morgan fingerprint density at radius 1 is 1.38 bits per heavy atom. The number of nitrogens with one attached hydrogen (secondary N) is 1. The minimum absolute atomic E-state index is 0.0321. The second-order valence-electron chi connectivity index (χ2n) is 5.71. The van der Waals surface area contributed by atoms with Gasteiger partial charge in [0.25, 0.3) is 5.91 Å². The van der Waals surface area contributed by atoms with Crippen molar-refractivity contribution >= 4 is 29.0 Å². The molecule has 2 aromatic rings. The molecular weight excluding hydrogens is 333 g/mol. The smallest absolute Gasteiger partial charge is 0.262 e. The standard InChI is InChI=1S/C18H15ClFNO3/c1-10-7-14(22)18-15(6-5-13(19)17(10)18)24-9-16(23)21-12-4-2-3-11(20)8-12/h2-6,8,10H,7,9H2,1H3,(H,21,23). The number of fused-ring (bicyclic) bond motifs is 1. The fourth-order valence-electron chi connectivity index (χ4n) is 2.85. The molecule has 1 aliphatic rings. The van der Waals surface area contributed by atoms with Gasteiger partial charge >= 0.3 is 0 Å². The van der Waals surface area contributed by atoms with Gasteiger partial charge in [0.1, 0.15) is 11.6 Å². The van der Waals surface area contributed by atoms with Crippen LogP contribution in [0.3, 0.4) is 0 Å². The predicted octanol–water partition coefficient (Wildman–Crippen LogP) is 4.19. The number of ether oxygens (including phenoxy) is 1. The monoisotopic (exact) mass is 347 g/mol. The number of rotatable bonds is 4. The third-order valence-electron chi connectivity index (χ3n) is 3.88. The molecule has 0 aromatic heterocycles. The van der Waals surface area contributed by atoms with E-state index in [-0.39, 0.29) is 18.3 Å². The van der Waals surface area contributed by atoms with Crippen molar-refractivity contribution in [2.45, 2.75) is 19.3 Å². The Kier molecular flexibility index (Phi) is 4.53. The minimum Gasteiger partial charge on any atom is -0.483 e. The topological polar surface area (TPSA) is 55.4 Å². The van der Waals surface area contributed by atoms with Crippen molar-refractivity contribution in [1.29, 1.82) is 0 Å². The first-order valence-electron chi connectivity index (χ1n) is 7.49. The largest absolute Gasteiger partial charge is 0.483 e. The Bertz CT molecular complexity index is 822. The molecule has 1 N–H and O–H groups in total. The average Bonchev–Trinajstić information content (AvgIpc) is 2.83. The van der Waals surface area contributed by atoms with Crippen LogP contribution in [-0.2, 0) is 4.79 Å². The van der Waals surface area contributed by atoms with E-state index in [1.165, 1.54) is 18.2 Å². The van der Waals surface area contributed by atoms with Crippen molar-refractivity contribution in [3.8, 4) is 5.75 Å². The number of halogens is 2. The molecule has 0 spiro atoms. The zero-order chi connectivity index (χ0) is 17.3. The normalized spacial score (nSPS) is 16.0. The van der Waals surface area contributed by atoms with Gasteiger partial charge < -0.3 is 10.1 Å². The van der Waals surface area contributed by atoms with Gasteiger partial charge in [-0.05, 0) is 41.8 Å². The van der Waals surface area contributed by atoms with Crippen LogP contribution in [0.5, 0.6) is 5.75 Å². The summed E-state index contributed by atoms with van der Waals surface area (Å²) in [5.74, 6) is -0.546. The number of amides is 1. The third-order valence-corrected chi connectivity index (χ3v) is 4.21. The van der Waals surface area contributed by atoms with E-state index in [0.717, 1.165) is 5.56 Å². The molecule has 1 aliphatic carbocycles. The lowest BCUT2D eigenvalue weighted by atomic mass is 10.0. The lowest BCUT2D eigenvalue weighted by molar-refractivity contribution is -0.118.